The normalized spacial score (nSPS) is 17.0. The highest BCUT2D eigenvalue weighted by Crippen LogP contribution is 2.27. The molecule has 1 aromatic carbocycles. The summed E-state index contributed by atoms with van der Waals surface area (Å²) in [6, 6.07) is 7.14. The smallest absolute Gasteiger partial charge is 0.239 e. The molecule has 1 unspecified atom stereocenters. The number of anilines is 1. The van der Waals surface area contributed by atoms with E-state index in [0.717, 1.165) is 25.2 Å². The number of hydrogen-bond donors (Lipinski definition) is 2. The van der Waals surface area contributed by atoms with Crippen LogP contribution in [0.5, 0.6) is 0 Å². The van der Waals surface area contributed by atoms with Crippen LogP contribution in [0, 0.1) is 5.92 Å². The Morgan fingerprint density at radius 3 is 2.83 bits per heavy atom. The van der Waals surface area contributed by atoms with Crippen LogP contribution in [0.25, 0.3) is 0 Å². The molecular weight excluding hydrogens is 337 g/mol. The summed E-state index contributed by atoms with van der Waals surface area (Å²) in [6.45, 7) is 4.83. The minimum Gasteiger partial charge on any atom is -0.354 e. The molecule has 0 radical (unpaired) electrons. The van der Waals surface area contributed by atoms with Gasteiger partial charge in [-0.3, -0.25) is 9.59 Å². The van der Waals surface area contributed by atoms with Crippen molar-refractivity contribution >= 4 is 41.5 Å². The fourth-order valence-corrected chi connectivity index (χ4v) is 2.71. The fourth-order valence-electron chi connectivity index (χ4n) is 2.52. The lowest BCUT2D eigenvalue weighted by atomic mass is 10.1. The molecule has 0 aromatic heterocycles. The second-order valence-electron chi connectivity index (χ2n) is 5.35. The molecule has 2 amide bonds. The monoisotopic (exact) mass is 359 g/mol. The molecule has 0 spiro atoms. The van der Waals surface area contributed by atoms with Crippen molar-refractivity contribution in [2.75, 3.05) is 31.1 Å². The van der Waals surface area contributed by atoms with Crippen LogP contribution in [-0.4, -0.2) is 38.0 Å². The van der Waals surface area contributed by atoms with Gasteiger partial charge in [0.2, 0.25) is 11.8 Å². The van der Waals surface area contributed by atoms with Crippen molar-refractivity contribution in [1.82, 2.24) is 10.6 Å². The molecule has 0 aliphatic carbocycles. The summed E-state index contributed by atoms with van der Waals surface area (Å²) in [5.74, 6) is -0.931. The van der Waals surface area contributed by atoms with Crippen LogP contribution in [0.2, 0.25) is 5.02 Å². The molecule has 23 heavy (non-hydrogen) atoms. The molecule has 2 N–H and O–H groups in total. The summed E-state index contributed by atoms with van der Waals surface area (Å²) < 4.78 is 0. The Hall–Kier alpha value is -1.30. The van der Waals surface area contributed by atoms with Gasteiger partial charge in [0.05, 0.1) is 0 Å². The van der Waals surface area contributed by atoms with E-state index in [9.17, 15) is 9.59 Å². The second kappa shape index (κ2) is 9.75. The van der Waals surface area contributed by atoms with Crippen LogP contribution in [0.1, 0.15) is 19.8 Å². The zero-order valence-corrected chi connectivity index (χ0v) is 14.8. The number of carbonyl (C=O) groups is 2. The molecule has 1 aliphatic rings. The van der Waals surface area contributed by atoms with E-state index in [0.29, 0.717) is 24.5 Å². The molecule has 1 aromatic rings. The minimum atomic E-state index is -0.592. The van der Waals surface area contributed by atoms with Crippen molar-refractivity contribution in [2.24, 2.45) is 5.92 Å². The van der Waals surface area contributed by atoms with E-state index in [1.165, 1.54) is 0 Å². The molecule has 2 rings (SSSR count). The summed E-state index contributed by atoms with van der Waals surface area (Å²) in [7, 11) is 0. The molecule has 128 valence electrons. The van der Waals surface area contributed by atoms with E-state index in [2.05, 4.69) is 17.6 Å². The highest BCUT2D eigenvalue weighted by molar-refractivity contribution is 6.31. The molecule has 1 atom stereocenters. The summed E-state index contributed by atoms with van der Waals surface area (Å²) in [5.41, 5.74) is 0.748. The van der Waals surface area contributed by atoms with E-state index in [-0.39, 0.29) is 24.2 Å². The van der Waals surface area contributed by atoms with E-state index in [4.69, 9.17) is 11.6 Å². The minimum absolute atomic E-state index is 0. The predicted octanol–water partition coefficient (Wildman–Crippen LogP) is 2.23. The lowest BCUT2D eigenvalue weighted by molar-refractivity contribution is -0.132. The van der Waals surface area contributed by atoms with Crippen LogP contribution in [0.4, 0.5) is 5.69 Å². The molecule has 0 saturated carbocycles. The third-order valence-corrected chi connectivity index (χ3v) is 3.90. The van der Waals surface area contributed by atoms with E-state index in [1.54, 1.807) is 23.1 Å². The highest BCUT2D eigenvalue weighted by atomic mass is 35.5. The van der Waals surface area contributed by atoms with E-state index in [1.807, 2.05) is 6.07 Å². The van der Waals surface area contributed by atoms with Gasteiger partial charge < -0.3 is 15.5 Å². The molecule has 0 bridgehead atoms. The van der Waals surface area contributed by atoms with Gasteiger partial charge in [0.25, 0.3) is 0 Å². The summed E-state index contributed by atoms with van der Waals surface area (Å²) in [4.78, 5) is 26.2. The van der Waals surface area contributed by atoms with Gasteiger partial charge in [-0.2, -0.15) is 0 Å². The van der Waals surface area contributed by atoms with Gasteiger partial charge in [-0.05, 0) is 37.6 Å². The molecule has 1 saturated heterocycles. The van der Waals surface area contributed by atoms with Gasteiger partial charge in [-0.15, -0.1) is 12.4 Å². The maximum absolute atomic E-state index is 12.4. The van der Waals surface area contributed by atoms with Crippen LogP contribution in [-0.2, 0) is 9.59 Å². The van der Waals surface area contributed by atoms with Crippen molar-refractivity contribution in [3.63, 3.8) is 0 Å². The summed E-state index contributed by atoms with van der Waals surface area (Å²) in [5, 5.41) is 6.61. The zero-order chi connectivity index (χ0) is 15.9. The Kier molecular flexibility index (Phi) is 8.37. The fraction of sp³-hybridized carbons (Fsp3) is 0.500. The zero-order valence-electron chi connectivity index (χ0n) is 13.2. The molecule has 1 heterocycles. The SMILES string of the molecule is CCCNCCNC(=O)C1CCN(c2cccc(Cl)c2)C1=O.Cl. The predicted molar refractivity (Wildman–Crippen MR) is 95.3 cm³/mol. The standard InChI is InChI=1S/C16H22ClN3O2.ClH/c1-2-7-18-8-9-19-15(21)14-6-10-20(16(14)22)13-5-3-4-12(17)11-13;/h3-5,11,14,18H,2,6-10H2,1H3,(H,19,21);1H. The Bertz CT molecular complexity index is 540. The molecular formula is C16H23Cl2N3O2. The van der Waals surface area contributed by atoms with Crippen LogP contribution in [0.3, 0.4) is 0 Å². The second-order valence-corrected chi connectivity index (χ2v) is 5.79. The van der Waals surface area contributed by atoms with Gasteiger partial charge in [-0.1, -0.05) is 24.6 Å². The molecule has 1 fully saturated rings. The first kappa shape index (κ1) is 19.7. The lowest BCUT2D eigenvalue weighted by Gasteiger charge is -2.17. The number of nitrogens with zero attached hydrogens (tertiary/aromatic N) is 1. The number of hydrogen-bond acceptors (Lipinski definition) is 3. The number of carbonyl (C=O) groups excluding carboxylic acids is 2. The van der Waals surface area contributed by atoms with Crippen molar-refractivity contribution < 1.29 is 9.59 Å². The summed E-state index contributed by atoms with van der Waals surface area (Å²) >= 11 is 5.96. The first-order chi connectivity index (χ1) is 10.6. The van der Waals surface area contributed by atoms with Crippen LogP contribution >= 0.6 is 24.0 Å². The van der Waals surface area contributed by atoms with Crippen LogP contribution in [0.15, 0.2) is 24.3 Å². The topological polar surface area (TPSA) is 61.4 Å². The first-order valence-corrected chi connectivity index (χ1v) is 8.06. The van der Waals surface area contributed by atoms with Crippen molar-refractivity contribution in [3.05, 3.63) is 29.3 Å². The van der Waals surface area contributed by atoms with E-state index >= 15 is 0 Å². The molecule has 1 aliphatic heterocycles. The van der Waals surface area contributed by atoms with Gasteiger partial charge in [0.1, 0.15) is 5.92 Å². The average molecular weight is 360 g/mol. The lowest BCUT2D eigenvalue weighted by Crippen LogP contribution is -2.39. The van der Waals surface area contributed by atoms with Gasteiger partial charge in [0, 0.05) is 30.3 Å². The Morgan fingerprint density at radius 2 is 2.13 bits per heavy atom. The van der Waals surface area contributed by atoms with Gasteiger partial charge in [0.15, 0.2) is 0 Å². The van der Waals surface area contributed by atoms with Gasteiger partial charge in [-0.25, -0.2) is 0 Å². The first-order valence-electron chi connectivity index (χ1n) is 7.69. The van der Waals surface area contributed by atoms with Crippen molar-refractivity contribution in [2.45, 2.75) is 19.8 Å². The van der Waals surface area contributed by atoms with E-state index < -0.39 is 5.92 Å². The Balaban J connectivity index is 0.00000264. The Labute approximate surface area is 148 Å². The number of nitrogens with one attached hydrogen (secondary N) is 2. The number of halogens is 2. The maximum Gasteiger partial charge on any atom is 0.239 e. The van der Waals surface area contributed by atoms with Crippen molar-refractivity contribution in [3.8, 4) is 0 Å². The maximum atomic E-state index is 12.4. The third-order valence-electron chi connectivity index (χ3n) is 3.67. The highest BCUT2D eigenvalue weighted by Gasteiger charge is 2.37. The van der Waals surface area contributed by atoms with Crippen LogP contribution < -0.4 is 15.5 Å². The van der Waals surface area contributed by atoms with Gasteiger partial charge >= 0.3 is 0 Å². The summed E-state index contributed by atoms with van der Waals surface area (Å²) in [6.07, 6.45) is 1.60. The quantitative estimate of drug-likeness (QED) is 0.579. The largest absolute Gasteiger partial charge is 0.354 e. The third kappa shape index (κ3) is 5.37. The number of benzene rings is 1. The number of amides is 2. The molecule has 5 nitrogen and oxygen atoms in total. The van der Waals surface area contributed by atoms with Crippen molar-refractivity contribution in [1.29, 1.82) is 0 Å². The Morgan fingerprint density at radius 1 is 1.35 bits per heavy atom. The number of rotatable bonds is 7. The average Bonchev–Trinajstić information content (AvgIpc) is 2.88. The molecule has 7 heteroatoms.